The monoisotopic (exact) mass is 408 g/mol. The van der Waals surface area contributed by atoms with Gasteiger partial charge in [0.1, 0.15) is 11.4 Å². The minimum Gasteiger partial charge on any atom is -0.482 e. The van der Waals surface area contributed by atoms with Gasteiger partial charge in [-0.3, -0.25) is 9.48 Å². The van der Waals surface area contributed by atoms with Crippen molar-refractivity contribution in [1.29, 1.82) is 0 Å². The average Bonchev–Trinajstić information content (AvgIpc) is 3.21. The maximum atomic E-state index is 12.4. The van der Waals surface area contributed by atoms with E-state index in [-0.39, 0.29) is 24.9 Å². The van der Waals surface area contributed by atoms with Gasteiger partial charge >= 0.3 is 5.97 Å². The molecule has 8 nitrogen and oxygen atoms in total. The summed E-state index contributed by atoms with van der Waals surface area (Å²) in [4.78, 5) is 23.5. The van der Waals surface area contributed by atoms with Crippen LogP contribution < -0.4 is 15.4 Å². The van der Waals surface area contributed by atoms with Gasteiger partial charge in [-0.2, -0.15) is 5.10 Å². The molecule has 2 N–H and O–H groups in total. The predicted molar refractivity (Wildman–Crippen MR) is 106 cm³/mol. The van der Waals surface area contributed by atoms with E-state index in [1.54, 1.807) is 24.3 Å². The molecule has 1 aliphatic rings. The smallest absolute Gasteiger partial charge is 0.343 e. The molecule has 1 atom stereocenters. The number of nitrogens with one attached hydrogen (secondary N) is 2. The fourth-order valence-electron chi connectivity index (χ4n) is 2.94. The number of rotatable bonds is 7. The van der Waals surface area contributed by atoms with Crippen LogP contribution in [0.2, 0.25) is 0 Å². The number of amides is 1. The lowest BCUT2D eigenvalue weighted by Crippen LogP contribution is -2.32. The molecule has 3 rings (SSSR count). The highest BCUT2D eigenvalue weighted by Gasteiger charge is 2.17. The van der Waals surface area contributed by atoms with Gasteiger partial charge in [-0.25, -0.2) is 4.79 Å². The molecular formula is C19H25ClN4O4. The number of benzene rings is 1. The Morgan fingerprint density at radius 3 is 2.96 bits per heavy atom. The Bertz CT molecular complexity index is 790. The maximum absolute atomic E-state index is 12.4. The Balaban J connectivity index is 0.00000280. The normalized spacial score (nSPS) is 16.0. The molecule has 2 heterocycles. The Hall–Kier alpha value is -2.58. The minimum absolute atomic E-state index is 0. The van der Waals surface area contributed by atoms with Crippen LogP contribution in [0.5, 0.6) is 5.75 Å². The van der Waals surface area contributed by atoms with Crippen molar-refractivity contribution in [1.82, 2.24) is 20.4 Å². The first kappa shape index (κ1) is 21.7. The second-order valence-electron chi connectivity index (χ2n) is 6.38. The van der Waals surface area contributed by atoms with Crippen molar-refractivity contribution in [2.75, 3.05) is 26.8 Å². The van der Waals surface area contributed by atoms with E-state index in [1.165, 1.54) is 7.11 Å². The van der Waals surface area contributed by atoms with Gasteiger partial charge in [-0.05, 0) is 43.1 Å². The minimum atomic E-state index is -0.447. The van der Waals surface area contributed by atoms with Gasteiger partial charge in [-0.1, -0.05) is 12.1 Å². The van der Waals surface area contributed by atoms with Crippen LogP contribution in [-0.2, 0) is 16.1 Å². The van der Waals surface area contributed by atoms with Crippen molar-refractivity contribution in [2.24, 2.45) is 0 Å². The highest BCUT2D eigenvalue weighted by molar-refractivity contribution is 5.92. The summed E-state index contributed by atoms with van der Waals surface area (Å²) in [6.45, 7) is 2.10. The molecule has 1 aromatic heterocycles. The van der Waals surface area contributed by atoms with Gasteiger partial charge in [0.05, 0.1) is 13.2 Å². The lowest BCUT2D eigenvalue weighted by molar-refractivity contribution is -0.142. The molecular weight excluding hydrogens is 384 g/mol. The van der Waals surface area contributed by atoms with Crippen molar-refractivity contribution in [3.05, 3.63) is 47.8 Å². The third kappa shape index (κ3) is 5.97. The molecule has 1 amide bonds. The zero-order valence-corrected chi connectivity index (χ0v) is 16.5. The largest absolute Gasteiger partial charge is 0.482 e. The lowest BCUT2D eigenvalue weighted by Gasteiger charge is -2.22. The molecule has 2 aromatic rings. The number of methoxy groups -OCH3 is 1. The van der Waals surface area contributed by atoms with E-state index in [2.05, 4.69) is 20.5 Å². The molecule has 1 aromatic carbocycles. The number of hydrogen-bond acceptors (Lipinski definition) is 6. The standard InChI is InChI=1S/C19H24N4O4.ClH/c1-26-18(24)13-27-16-6-2-4-14(10-16)11-21-19(25)17-7-9-23(22-17)15-5-3-8-20-12-15;/h2,4,6-7,9-10,15,20H,3,5,8,11-13H2,1H3,(H,21,25);1H. The Labute approximate surface area is 170 Å². The predicted octanol–water partition coefficient (Wildman–Crippen LogP) is 1.71. The third-order valence-electron chi connectivity index (χ3n) is 4.42. The Morgan fingerprint density at radius 1 is 1.36 bits per heavy atom. The van der Waals surface area contributed by atoms with Gasteiger partial charge in [0, 0.05) is 19.3 Å². The quantitative estimate of drug-likeness (QED) is 0.677. The third-order valence-corrected chi connectivity index (χ3v) is 4.42. The van der Waals surface area contributed by atoms with Crippen LogP contribution in [0.15, 0.2) is 36.5 Å². The van der Waals surface area contributed by atoms with E-state index < -0.39 is 5.97 Å². The van der Waals surface area contributed by atoms with Gasteiger partial charge < -0.3 is 20.1 Å². The van der Waals surface area contributed by atoms with E-state index in [4.69, 9.17) is 4.74 Å². The first-order chi connectivity index (χ1) is 13.2. The number of halogens is 1. The molecule has 0 bridgehead atoms. The number of hydrogen-bond donors (Lipinski definition) is 2. The molecule has 0 aliphatic carbocycles. The van der Waals surface area contributed by atoms with Crippen LogP contribution in [-0.4, -0.2) is 48.5 Å². The van der Waals surface area contributed by atoms with E-state index in [0.29, 0.717) is 24.0 Å². The molecule has 152 valence electrons. The van der Waals surface area contributed by atoms with Gasteiger partial charge in [0.15, 0.2) is 6.61 Å². The van der Waals surface area contributed by atoms with E-state index >= 15 is 0 Å². The SMILES string of the molecule is COC(=O)COc1cccc(CNC(=O)c2ccn(C3CCCNC3)n2)c1.Cl. The summed E-state index contributed by atoms with van der Waals surface area (Å²) in [5.41, 5.74) is 1.26. The van der Waals surface area contributed by atoms with Crippen LogP contribution in [0.1, 0.15) is 34.9 Å². The van der Waals surface area contributed by atoms with E-state index in [1.807, 2.05) is 16.9 Å². The molecule has 0 saturated carbocycles. The molecule has 28 heavy (non-hydrogen) atoms. The van der Waals surface area contributed by atoms with Gasteiger partial charge in [-0.15, -0.1) is 12.4 Å². The van der Waals surface area contributed by atoms with Crippen LogP contribution in [0.4, 0.5) is 0 Å². The lowest BCUT2D eigenvalue weighted by atomic mass is 10.1. The number of piperidine rings is 1. The topological polar surface area (TPSA) is 94.5 Å². The highest BCUT2D eigenvalue weighted by Crippen LogP contribution is 2.16. The van der Waals surface area contributed by atoms with Crippen LogP contribution in [0.3, 0.4) is 0 Å². The van der Waals surface area contributed by atoms with E-state index in [9.17, 15) is 9.59 Å². The fourth-order valence-corrected chi connectivity index (χ4v) is 2.94. The first-order valence-corrected chi connectivity index (χ1v) is 8.98. The molecule has 0 spiro atoms. The van der Waals surface area contributed by atoms with Crippen molar-refractivity contribution in [2.45, 2.75) is 25.4 Å². The molecule has 1 unspecified atom stereocenters. The molecule has 0 radical (unpaired) electrons. The molecule has 1 fully saturated rings. The second-order valence-corrected chi connectivity index (χ2v) is 6.38. The maximum Gasteiger partial charge on any atom is 0.343 e. The number of esters is 1. The van der Waals surface area contributed by atoms with Crippen molar-refractivity contribution >= 4 is 24.3 Å². The summed E-state index contributed by atoms with van der Waals surface area (Å²) in [6.07, 6.45) is 4.03. The summed E-state index contributed by atoms with van der Waals surface area (Å²) in [7, 11) is 1.31. The number of carbonyl (C=O) groups excluding carboxylic acids is 2. The first-order valence-electron chi connectivity index (χ1n) is 8.98. The van der Waals surface area contributed by atoms with Gasteiger partial charge in [0.2, 0.25) is 0 Å². The molecule has 1 saturated heterocycles. The zero-order chi connectivity index (χ0) is 19.1. The van der Waals surface area contributed by atoms with Crippen molar-refractivity contribution in [3.63, 3.8) is 0 Å². The zero-order valence-electron chi connectivity index (χ0n) is 15.7. The summed E-state index contributed by atoms with van der Waals surface area (Å²) in [6, 6.07) is 9.23. The van der Waals surface area contributed by atoms with Gasteiger partial charge in [0.25, 0.3) is 5.91 Å². The number of carbonyl (C=O) groups is 2. The summed E-state index contributed by atoms with van der Waals surface area (Å²) >= 11 is 0. The van der Waals surface area contributed by atoms with Crippen molar-refractivity contribution in [3.8, 4) is 5.75 Å². The number of nitrogens with zero attached hydrogens (tertiary/aromatic N) is 2. The summed E-state index contributed by atoms with van der Waals surface area (Å²) in [5.74, 6) is -0.128. The number of aromatic nitrogens is 2. The Morgan fingerprint density at radius 2 is 2.21 bits per heavy atom. The van der Waals surface area contributed by atoms with E-state index in [0.717, 1.165) is 31.5 Å². The fraction of sp³-hybridized carbons (Fsp3) is 0.421. The average molecular weight is 409 g/mol. The highest BCUT2D eigenvalue weighted by atomic mass is 35.5. The van der Waals surface area contributed by atoms with Crippen molar-refractivity contribution < 1.29 is 19.1 Å². The summed E-state index contributed by atoms with van der Waals surface area (Å²) in [5, 5.41) is 10.6. The summed E-state index contributed by atoms with van der Waals surface area (Å²) < 4.78 is 11.8. The number of ether oxygens (including phenoxy) is 2. The van der Waals surface area contributed by atoms with Crippen LogP contribution in [0, 0.1) is 0 Å². The molecule has 9 heteroatoms. The van der Waals surface area contributed by atoms with Crippen LogP contribution >= 0.6 is 12.4 Å². The van der Waals surface area contributed by atoms with Crippen LogP contribution in [0.25, 0.3) is 0 Å². The Kier molecular flexibility index (Phi) is 8.28. The second kappa shape index (κ2) is 10.7. The molecule has 1 aliphatic heterocycles.